The zero-order chi connectivity index (χ0) is 18.8. The number of aryl methyl sites for hydroxylation is 2. The average Bonchev–Trinajstić information content (AvgIpc) is 2.90. The summed E-state index contributed by atoms with van der Waals surface area (Å²) in [5.74, 6) is 0.352. The van der Waals surface area contributed by atoms with Crippen molar-refractivity contribution < 1.29 is 4.79 Å². The predicted octanol–water partition coefficient (Wildman–Crippen LogP) is 4.28. The lowest BCUT2D eigenvalue weighted by molar-refractivity contribution is -0.118. The Labute approximate surface area is 164 Å². The summed E-state index contributed by atoms with van der Waals surface area (Å²) in [7, 11) is 0. The number of nitrogens with zero attached hydrogens (tertiary/aromatic N) is 1. The largest absolute Gasteiger partial charge is 0.370 e. The Bertz CT molecular complexity index is 1040. The third-order valence-electron chi connectivity index (χ3n) is 3.97. The number of amides is 1. The number of thioether (sulfide) groups is 1. The normalized spacial score (nSPS) is 11.2. The molecule has 0 fully saturated rings. The van der Waals surface area contributed by atoms with Crippen molar-refractivity contribution in [3.8, 4) is 11.1 Å². The molecule has 0 bridgehead atoms. The molecule has 0 unspecified atom stereocenters. The van der Waals surface area contributed by atoms with E-state index in [0.717, 1.165) is 21.6 Å². The molecule has 136 valence electrons. The average molecular weight is 408 g/mol. The number of primary amides is 1. The summed E-state index contributed by atoms with van der Waals surface area (Å²) in [5.41, 5.74) is 7.82. The molecule has 26 heavy (non-hydrogen) atoms. The Morgan fingerprint density at radius 2 is 2.15 bits per heavy atom. The van der Waals surface area contributed by atoms with Crippen molar-refractivity contribution in [3.63, 3.8) is 0 Å². The topological polar surface area (TPSA) is 88.8 Å². The van der Waals surface area contributed by atoms with Gasteiger partial charge in [-0.2, -0.15) is 0 Å². The van der Waals surface area contributed by atoms with E-state index in [1.54, 1.807) is 0 Å². The number of nitrogens with one attached hydrogen (secondary N) is 1. The van der Waals surface area contributed by atoms with Gasteiger partial charge < -0.3 is 10.7 Å². The Kier molecular flexibility index (Phi) is 5.70. The molecule has 3 aromatic rings. The first-order valence-corrected chi connectivity index (χ1v) is 10.3. The van der Waals surface area contributed by atoms with Crippen LogP contribution in [0.2, 0.25) is 5.02 Å². The first-order chi connectivity index (χ1) is 12.4. The van der Waals surface area contributed by atoms with E-state index in [-0.39, 0.29) is 11.5 Å². The van der Waals surface area contributed by atoms with Gasteiger partial charge in [0.15, 0.2) is 5.16 Å². The zero-order valence-electron chi connectivity index (χ0n) is 14.4. The quantitative estimate of drug-likeness (QED) is 0.362. The van der Waals surface area contributed by atoms with Gasteiger partial charge in [-0.25, -0.2) is 4.98 Å². The van der Waals surface area contributed by atoms with Gasteiger partial charge in [0, 0.05) is 27.6 Å². The van der Waals surface area contributed by atoms with Gasteiger partial charge in [0.25, 0.3) is 5.56 Å². The molecule has 0 saturated carbocycles. The van der Waals surface area contributed by atoms with Crippen LogP contribution in [-0.2, 0) is 4.79 Å². The molecule has 0 spiro atoms. The van der Waals surface area contributed by atoms with E-state index < -0.39 is 0 Å². The van der Waals surface area contributed by atoms with Crippen LogP contribution in [0.4, 0.5) is 0 Å². The Balaban J connectivity index is 1.97. The molecular formula is C18H18ClN3O2S2. The number of halogens is 1. The monoisotopic (exact) mass is 407 g/mol. The summed E-state index contributed by atoms with van der Waals surface area (Å²) >= 11 is 9.05. The highest BCUT2D eigenvalue weighted by Crippen LogP contribution is 2.37. The third-order valence-corrected chi connectivity index (χ3v) is 6.35. The fraction of sp³-hybridized carbons (Fsp3) is 0.278. The van der Waals surface area contributed by atoms with Crippen molar-refractivity contribution in [2.24, 2.45) is 5.73 Å². The van der Waals surface area contributed by atoms with Crippen LogP contribution in [0.3, 0.4) is 0 Å². The summed E-state index contributed by atoms with van der Waals surface area (Å²) in [4.78, 5) is 32.7. The molecular weight excluding hydrogens is 390 g/mol. The van der Waals surface area contributed by atoms with Gasteiger partial charge in [-0.1, -0.05) is 29.4 Å². The zero-order valence-corrected chi connectivity index (χ0v) is 16.8. The van der Waals surface area contributed by atoms with E-state index in [0.29, 0.717) is 39.0 Å². The number of benzene rings is 1. The van der Waals surface area contributed by atoms with Gasteiger partial charge in [-0.3, -0.25) is 9.59 Å². The number of nitrogens with two attached hydrogens (primary N) is 1. The number of hydrogen-bond acceptors (Lipinski definition) is 5. The lowest BCUT2D eigenvalue weighted by Gasteiger charge is -2.05. The van der Waals surface area contributed by atoms with Crippen LogP contribution in [0.15, 0.2) is 28.2 Å². The van der Waals surface area contributed by atoms with Crippen molar-refractivity contribution in [2.45, 2.75) is 31.8 Å². The minimum Gasteiger partial charge on any atom is -0.370 e. The van der Waals surface area contributed by atoms with E-state index in [1.807, 2.05) is 32.0 Å². The molecule has 1 aromatic carbocycles. The number of hydrogen-bond donors (Lipinski definition) is 2. The van der Waals surface area contributed by atoms with E-state index in [4.69, 9.17) is 17.3 Å². The Morgan fingerprint density at radius 3 is 2.85 bits per heavy atom. The third kappa shape index (κ3) is 3.95. The SMILES string of the molecule is Cc1cc(-c2c(C)sc3nc(SCCCC(N)=O)[nH]c(=O)c23)ccc1Cl. The fourth-order valence-corrected chi connectivity index (χ4v) is 4.75. The molecule has 5 nitrogen and oxygen atoms in total. The van der Waals surface area contributed by atoms with Crippen molar-refractivity contribution in [1.82, 2.24) is 9.97 Å². The minimum atomic E-state index is -0.320. The van der Waals surface area contributed by atoms with Gasteiger partial charge in [0.05, 0.1) is 5.39 Å². The molecule has 2 heterocycles. The number of aromatic amines is 1. The van der Waals surface area contributed by atoms with Gasteiger partial charge >= 0.3 is 0 Å². The van der Waals surface area contributed by atoms with Crippen LogP contribution in [0.1, 0.15) is 23.3 Å². The molecule has 2 aromatic heterocycles. The van der Waals surface area contributed by atoms with Crippen LogP contribution in [-0.4, -0.2) is 21.6 Å². The Morgan fingerprint density at radius 1 is 1.38 bits per heavy atom. The maximum Gasteiger partial charge on any atom is 0.260 e. The summed E-state index contributed by atoms with van der Waals surface area (Å²) in [6, 6.07) is 5.76. The molecule has 3 rings (SSSR count). The summed E-state index contributed by atoms with van der Waals surface area (Å²) < 4.78 is 0. The highest BCUT2D eigenvalue weighted by atomic mass is 35.5. The first-order valence-electron chi connectivity index (χ1n) is 8.08. The minimum absolute atomic E-state index is 0.153. The molecule has 1 amide bonds. The maximum atomic E-state index is 12.7. The Hall–Kier alpha value is -1.83. The summed E-state index contributed by atoms with van der Waals surface area (Å²) in [5, 5.41) is 1.87. The summed E-state index contributed by atoms with van der Waals surface area (Å²) in [6.07, 6.45) is 0.984. The van der Waals surface area contributed by atoms with E-state index >= 15 is 0 Å². The van der Waals surface area contributed by atoms with Gasteiger partial charge in [0.1, 0.15) is 4.83 Å². The molecule has 0 radical (unpaired) electrons. The van der Waals surface area contributed by atoms with Crippen molar-refractivity contribution in [2.75, 3.05) is 5.75 Å². The number of carbonyl (C=O) groups is 1. The fourth-order valence-electron chi connectivity index (χ4n) is 2.73. The lowest BCUT2D eigenvalue weighted by atomic mass is 10.0. The van der Waals surface area contributed by atoms with Crippen LogP contribution >= 0.6 is 34.7 Å². The van der Waals surface area contributed by atoms with Crippen molar-refractivity contribution in [3.05, 3.63) is 44.0 Å². The number of rotatable bonds is 6. The van der Waals surface area contributed by atoms with Crippen LogP contribution in [0.25, 0.3) is 21.3 Å². The first kappa shape index (κ1) is 18.9. The van der Waals surface area contributed by atoms with Crippen LogP contribution in [0.5, 0.6) is 0 Å². The number of aromatic nitrogens is 2. The van der Waals surface area contributed by atoms with E-state index in [9.17, 15) is 9.59 Å². The summed E-state index contributed by atoms with van der Waals surface area (Å²) in [6.45, 7) is 3.93. The second-order valence-electron chi connectivity index (χ2n) is 5.97. The molecule has 0 aliphatic rings. The predicted molar refractivity (Wildman–Crippen MR) is 109 cm³/mol. The number of carbonyl (C=O) groups excluding carboxylic acids is 1. The standard InChI is InChI=1S/C18H18ClN3O2S2/c1-9-8-11(5-6-12(9)19)14-10(2)26-17-15(14)16(24)21-18(22-17)25-7-3-4-13(20)23/h5-6,8H,3-4,7H2,1-2H3,(H2,20,23)(H,21,22,24). The lowest BCUT2D eigenvalue weighted by Crippen LogP contribution is -2.11. The van der Waals surface area contributed by atoms with Crippen molar-refractivity contribution in [1.29, 1.82) is 0 Å². The molecule has 8 heteroatoms. The molecule has 0 aliphatic carbocycles. The smallest absolute Gasteiger partial charge is 0.260 e. The molecule has 3 N–H and O–H groups in total. The molecule has 0 atom stereocenters. The highest BCUT2D eigenvalue weighted by molar-refractivity contribution is 7.99. The molecule has 0 aliphatic heterocycles. The van der Waals surface area contributed by atoms with Gasteiger partial charge in [-0.15, -0.1) is 11.3 Å². The second-order valence-corrected chi connectivity index (χ2v) is 8.66. The number of thiophene rings is 1. The number of fused-ring (bicyclic) bond motifs is 1. The van der Waals surface area contributed by atoms with E-state index in [2.05, 4.69) is 9.97 Å². The van der Waals surface area contributed by atoms with Crippen LogP contribution in [0, 0.1) is 13.8 Å². The van der Waals surface area contributed by atoms with Crippen LogP contribution < -0.4 is 11.3 Å². The maximum absolute atomic E-state index is 12.7. The number of H-pyrrole nitrogens is 1. The van der Waals surface area contributed by atoms with Gasteiger partial charge in [-0.05, 0) is 43.5 Å². The van der Waals surface area contributed by atoms with E-state index in [1.165, 1.54) is 23.1 Å². The highest BCUT2D eigenvalue weighted by Gasteiger charge is 2.17. The van der Waals surface area contributed by atoms with Gasteiger partial charge in [0.2, 0.25) is 5.91 Å². The molecule has 0 saturated heterocycles. The second kappa shape index (κ2) is 7.82. The van der Waals surface area contributed by atoms with Crippen molar-refractivity contribution >= 4 is 50.8 Å².